The zero-order chi connectivity index (χ0) is 26.1. The summed E-state index contributed by atoms with van der Waals surface area (Å²) >= 11 is 0. The minimum Gasteiger partial charge on any atom is -0.495 e. The average molecular weight is 498 g/mol. The Kier molecular flexibility index (Phi) is 8.20. The van der Waals surface area contributed by atoms with E-state index in [1.54, 1.807) is 0 Å². The van der Waals surface area contributed by atoms with Gasteiger partial charge in [-0.05, 0) is 41.5 Å². The van der Waals surface area contributed by atoms with Crippen LogP contribution in [0.25, 0.3) is 0 Å². The first kappa shape index (κ1) is 29.0. The van der Waals surface area contributed by atoms with Gasteiger partial charge in [-0.2, -0.15) is 26.3 Å². The van der Waals surface area contributed by atoms with Crippen LogP contribution in [-0.2, 0) is 14.2 Å². The molecule has 1 fully saturated rings. The highest BCUT2D eigenvalue weighted by atomic mass is 19.3. The van der Waals surface area contributed by atoms with Crippen LogP contribution in [0.1, 0.15) is 41.5 Å². The molecule has 1 saturated carbocycles. The Balaban J connectivity index is 4.11. The van der Waals surface area contributed by atoms with Gasteiger partial charge in [0.2, 0.25) is 0 Å². The lowest BCUT2D eigenvalue weighted by molar-refractivity contribution is -0.463. The third kappa shape index (κ3) is 3.50. The number of hydrogen-bond donors (Lipinski definition) is 0. The van der Waals surface area contributed by atoms with E-state index in [9.17, 15) is 0 Å². The van der Waals surface area contributed by atoms with Crippen LogP contribution >= 0.6 is 0 Å². The molecule has 1 aliphatic carbocycles. The van der Waals surface area contributed by atoms with Crippen molar-refractivity contribution in [3.63, 3.8) is 0 Å². The fourth-order valence-electron chi connectivity index (χ4n) is 3.79. The molecule has 3 atom stereocenters. The zero-order valence-electron chi connectivity index (χ0n) is 18.8. The van der Waals surface area contributed by atoms with Crippen molar-refractivity contribution >= 4 is 0 Å². The minimum atomic E-state index is -6.23. The molecule has 0 aliphatic heterocycles. The second kappa shape index (κ2) is 9.32. The lowest BCUT2D eigenvalue weighted by Crippen LogP contribution is -2.91. The molecule has 0 radical (unpaired) electrons. The molecule has 0 bridgehead atoms. The third-order valence-electron chi connectivity index (χ3n) is 5.68. The first-order chi connectivity index (χ1) is 14.9. The van der Waals surface area contributed by atoms with Crippen LogP contribution in [0.5, 0.6) is 0 Å². The van der Waals surface area contributed by atoms with Crippen molar-refractivity contribution in [3.05, 3.63) is 37.0 Å². The number of alkyl halides is 9. The summed E-state index contributed by atoms with van der Waals surface area (Å²) < 4.78 is 153. The van der Waals surface area contributed by atoms with Gasteiger partial charge < -0.3 is 14.2 Å². The smallest absolute Gasteiger partial charge is 0.334 e. The Bertz CT molecular complexity index is 646. The quantitative estimate of drug-likeness (QED) is 0.257. The van der Waals surface area contributed by atoms with Crippen LogP contribution in [0.4, 0.5) is 39.5 Å². The summed E-state index contributed by atoms with van der Waals surface area (Å²) in [6, 6.07) is 0. The van der Waals surface area contributed by atoms with Crippen molar-refractivity contribution in [1.29, 1.82) is 0 Å². The molecule has 0 aromatic carbocycles. The van der Waals surface area contributed by atoms with Crippen molar-refractivity contribution in [2.75, 3.05) is 0 Å². The molecule has 192 valence electrons. The molecule has 0 aromatic heterocycles. The maximum Gasteiger partial charge on any atom is 0.334 e. The standard InChI is InChI=1S/C21H27F9O3/c1-7-10-31-13(4)16(22)19(25,26)17(23,14(5)32-11-8-2)21(29,30)18(24,20(16,27)28)15(6)33-12-9-3/h7-15H,1-6H3. The number of ether oxygens (including phenoxy) is 3. The Morgan fingerprint density at radius 2 is 0.636 bits per heavy atom. The van der Waals surface area contributed by atoms with E-state index in [0.29, 0.717) is 39.6 Å². The van der Waals surface area contributed by atoms with Crippen molar-refractivity contribution < 1.29 is 53.7 Å². The molecule has 33 heavy (non-hydrogen) atoms. The Hall–Kier alpha value is -2.01. The largest absolute Gasteiger partial charge is 0.495 e. The summed E-state index contributed by atoms with van der Waals surface area (Å²) in [5, 5.41) is 0. The van der Waals surface area contributed by atoms with Gasteiger partial charge in [-0.1, -0.05) is 18.2 Å². The van der Waals surface area contributed by atoms with Crippen LogP contribution in [-0.4, -0.2) is 53.1 Å². The number of allylic oxidation sites excluding steroid dienone is 3. The lowest BCUT2D eigenvalue weighted by Gasteiger charge is -2.60. The third-order valence-corrected chi connectivity index (χ3v) is 5.68. The maximum absolute atomic E-state index is 15.9. The van der Waals surface area contributed by atoms with Crippen LogP contribution < -0.4 is 0 Å². The molecule has 0 amide bonds. The van der Waals surface area contributed by atoms with Gasteiger partial charge in [0, 0.05) is 0 Å². The molecule has 0 spiro atoms. The van der Waals surface area contributed by atoms with Gasteiger partial charge in [-0.3, -0.25) is 0 Å². The highest BCUT2D eigenvalue weighted by molar-refractivity contribution is 5.36. The van der Waals surface area contributed by atoms with E-state index in [2.05, 4.69) is 14.2 Å². The fraction of sp³-hybridized carbons (Fsp3) is 0.714. The maximum atomic E-state index is 15.9. The molecular weight excluding hydrogens is 471 g/mol. The van der Waals surface area contributed by atoms with Gasteiger partial charge in [0.15, 0.2) is 0 Å². The normalized spacial score (nSPS) is 36.1. The molecule has 12 heteroatoms. The summed E-state index contributed by atoms with van der Waals surface area (Å²) in [5.74, 6) is -18.7. The number of hydrogen-bond acceptors (Lipinski definition) is 3. The zero-order valence-corrected chi connectivity index (χ0v) is 18.8. The fourth-order valence-corrected chi connectivity index (χ4v) is 3.79. The Morgan fingerprint density at radius 3 is 0.788 bits per heavy atom. The predicted octanol–water partition coefficient (Wildman–Crippen LogP) is 6.85. The van der Waals surface area contributed by atoms with Crippen LogP contribution in [0.3, 0.4) is 0 Å². The SMILES string of the molecule is CC=COC(C)C1(F)C(F)(F)C(F)(C(C)OC=CC)C(F)(F)C(F)(C(C)OC=CC)C1(F)F. The van der Waals surface area contributed by atoms with Gasteiger partial charge in [-0.25, -0.2) is 13.2 Å². The van der Waals surface area contributed by atoms with Crippen LogP contribution in [0.15, 0.2) is 37.0 Å². The van der Waals surface area contributed by atoms with Gasteiger partial charge in [0.1, 0.15) is 18.3 Å². The monoisotopic (exact) mass is 498 g/mol. The van der Waals surface area contributed by atoms with E-state index in [0.717, 1.165) is 18.2 Å². The minimum absolute atomic E-state index is 0.320. The molecule has 3 unspecified atom stereocenters. The summed E-state index contributed by atoms with van der Waals surface area (Å²) in [4.78, 5) is 0. The van der Waals surface area contributed by atoms with Gasteiger partial charge >= 0.3 is 17.8 Å². The van der Waals surface area contributed by atoms with E-state index < -0.39 is 53.1 Å². The highest BCUT2D eigenvalue weighted by Gasteiger charge is 3.01. The van der Waals surface area contributed by atoms with Crippen LogP contribution in [0.2, 0.25) is 0 Å². The summed E-state index contributed by atoms with van der Waals surface area (Å²) in [7, 11) is 0. The molecule has 1 rings (SSSR count). The second-order valence-electron chi connectivity index (χ2n) is 7.60. The summed E-state index contributed by atoms with van der Waals surface area (Å²) in [5.41, 5.74) is -16.9. The van der Waals surface area contributed by atoms with Crippen molar-refractivity contribution in [3.8, 4) is 0 Å². The number of halogens is 9. The molecule has 0 heterocycles. The highest BCUT2D eigenvalue weighted by Crippen LogP contribution is 2.71. The predicted molar refractivity (Wildman–Crippen MR) is 102 cm³/mol. The van der Waals surface area contributed by atoms with E-state index in [4.69, 9.17) is 0 Å². The van der Waals surface area contributed by atoms with E-state index in [-0.39, 0.29) is 0 Å². The summed E-state index contributed by atoms with van der Waals surface area (Å²) in [6.45, 7) is 4.68. The summed E-state index contributed by atoms with van der Waals surface area (Å²) in [6.07, 6.45) is -4.54. The molecule has 0 saturated heterocycles. The first-order valence-corrected chi connectivity index (χ1v) is 9.95. The van der Waals surface area contributed by atoms with Crippen molar-refractivity contribution in [1.82, 2.24) is 0 Å². The Labute approximate surface area is 186 Å². The molecule has 3 nitrogen and oxygen atoms in total. The molecular formula is C21H27F9O3. The topological polar surface area (TPSA) is 27.7 Å². The van der Waals surface area contributed by atoms with Crippen molar-refractivity contribution in [2.45, 2.75) is 94.6 Å². The van der Waals surface area contributed by atoms with Crippen LogP contribution in [0, 0.1) is 0 Å². The van der Waals surface area contributed by atoms with Gasteiger partial charge in [-0.15, -0.1) is 0 Å². The van der Waals surface area contributed by atoms with E-state index in [1.807, 2.05) is 0 Å². The molecule has 1 aliphatic rings. The lowest BCUT2D eigenvalue weighted by atomic mass is 9.57. The van der Waals surface area contributed by atoms with Crippen molar-refractivity contribution in [2.24, 2.45) is 0 Å². The first-order valence-electron chi connectivity index (χ1n) is 9.95. The Morgan fingerprint density at radius 1 is 0.455 bits per heavy atom. The van der Waals surface area contributed by atoms with Gasteiger partial charge in [0.05, 0.1) is 18.8 Å². The van der Waals surface area contributed by atoms with Gasteiger partial charge in [0.25, 0.3) is 17.0 Å². The molecule has 0 aromatic rings. The average Bonchev–Trinajstić information content (AvgIpc) is 2.75. The number of rotatable bonds is 9. The second-order valence-corrected chi connectivity index (χ2v) is 7.60. The van der Waals surface area contributed by atoms with E-state index in [1.165, 1.54) is 20.8 Å². The molecule has 0 N–H and O–H groups in total. The van der Waals surface area contributed by atoms with E-state index >= 15 is 39.5 Å².